The smallest absolute Gasteiger partial charge is 0.267 e. The molecule has 9 nitrogen and oxygen atoms in total. The Morgan fingerprint density at radius 2 is 1.10 bits per heavy atom. The molecule has 4 amide bonds. The molecule has 1 aliphatic carbocycles. The predicted molar refractivity (Wildman–Crippen MR) is 240 cm³/mol. The highest BCUT2D eigenvalue weighted by Gasteiger charge is 2.45. The van der Waals surface area contributed by atoms with Crippen molar-refractivity contribution in [2.45, 2.75) is 86.4 Å². The van der Waals surface area contributed by atoms with Crippen molar-refractivity contribution >= 4 is 98.7 Å². The second-order valence-corrected chi connectivity index (χ2v) is 18.6. The van der Waals surface area contributed by atoms with Gasteiger partial charge in [-0.05, 0) is 66.3 Å². The molecule has 3 heterocycles. The molecule has 4 aromatic carbocycles. The molecule has 306 valence electrons. The monoisotopic (exact) mass is 875 g/mol. The number of imide groups is 2. The van der Waals surface area contributed by atoms with E-state index in [-0.39, 0.29) is 39.6 Å². The maximum Gasteiger partial charge on any atom is 0.267 e. The average molecular weight is 877 g/mol. The van der Waals surface area contributed by atoms with E-state index in [9.17, 15) is 24.0 Å². The molecule has 0 radical (unpaired) electrons. The first-order valence-corrected chi connectivity index (χ1v) is 23.7. The van der Waals surface area contributed by atoms with E-state index in [1.54, 1.807) is 108 Å². The normalized spacial score (nSPS) is 14.9. The third-order valence-electron chi connectivity index (χ3n) is 11.0. The van der Waals surface area contributed by atoms with E-state index in [0.29, 0.717) is 33.2 Å². The molecule has 0 fully saturated rings. The summed E-state index contributed by atoms with van der Waals surface area (Å²) >= 11 is 12.2. The number of unbranched alkanes of at least 4 members (excludes halogenated alkanes) is 3. The minimum Gasteiger partial charge on any atom is -0.293 e. The number of carbonyl (C=O) groups excluding carboxylic acids is 6. The van der Waals surface area contributed by atoms with E-state index in [1.807, 2.05) is 0 Å². The SMILES string of the molecule is CCCCSc1c(Cl)c2c(c(SCCCC)c1SCCCC)C(=O)N(c1ccc(CN3C(=O)c4ccccc4C3=O)c3ccc(C4C(=O)c5ccccc5C4=O)nc13)C2=O. The summed E-state index contributed by atoms with van der Waals surface area (Å²) in [5.74, 6) is -1.67. The molecule has 2 aliphatic heterocycles. The molecule has 8 rings (SSSR count). The van der Waals surface area contributed by atoms with Gasteiger partial charge in [-0.15, -0.1) is 35.3 Å². The number of thioether (sulfide) groups is 3. The summed E-state index contributed by atoms with van der Waals surface area (Å²) < 4.78 is 0. The van der Waals surface area contributed by atoms with Gasteiger partial charge in [-0.3, -0.25) is 33.7 Å². The Bertz CT molecular complexity index is 2580. The fourth-order valence-corrected chi connectivity index (χ4v) is 12.5. The Labute approximate surface area is 366 Å². The van der Waals surface area contributed by atoms with Crippen LogP contribution in [-0.4, -0.2) is 62.3 Å². The van der Waals surface area contributed by atoms with Crippen molar-refractivity contribution in [3.63, 3.8) is 0 Å². The molecule has 0 saturated carbocycles. The second kappa shape index (κ2) is 17.7. The molecular formula is C47H42ClN3O6S3. The first-order chi connectivity index (χ1) is 29.1. The fourth-order valence-electron chi connectivity index (χ4n) is 7.87. The Kier molecular flexibility index (Phi) is 12.4. The summed E-state index contributed by atoms with van der Waals surface area (Å²) in [5.41, 5.74) is 2.60. The summed E-state index contributed by atoms with van der Waals surface area (Å²) in [6.07, 6.45) is 5.80. The Morgan fingerprint density at radius 1 is 0.583 bits per heavy atom. The van der Waals surface area contributed by atoms with Crippen LogP contribution in [0.25, 0.3) is 10.9 Å². The van der Waals surface area contributed by atoms with Gasteiger partial charge in [0.25, 0.3) is 23.6 Å². The number of amides is 4. The van der Waals surface area contributed by atoms with Gasteiger partial charge in [0.2, 0.25) is 0 Å². The third kappa shape index (κ3) is 7.18. The van der Waals surface area contributed by atoms with Gasteiger partial charge in [0.05, 0.1) is 50.7 Å². The van der Waals surface area contributed by atoms with Gasteiger partial charge >= 0.3 is 0 Å². The van der Waals surface area contributed by atoms with Gasteiger partial charge in [-0.1, -0.05) is 100 Å². The lowest BCUT2D eigenvalue weighted by Gasteiger charge is -2.21. The Balaban J connectivity index is 1.29. The zero-order valence-corrected chi connectivity index (χ0v) is 36.7. The lowest BCUT2D eigenvalue weighted by Crippen LogP contribution is -2.31. The van der Waals surface area contributed by atoms with Gasteiger partial charge in [0.15, 0.2) is 11.6 Å². The van der Waals surface area contributed by atoms with E-state index in [4.69, 9.17) is 16.6 Å². The molecule has 3 aliphatic rings. The van der Waals surface area contributed by atoms with E-state index >= 15 is 4.79 Å². The standard InChI is InChI=1S/C47H42ClN3O6S3/c1-4-7-22-58-41-36-35(37(48)42(59-23-8-5-2)43(41)60-24-9-6-3)46(56)51(47(36)57)33-21-18-26(25-50-44(54)30-16-12-13-17-31(30)45(50)55)27-19-20-32(49-38(27)33)34-39(52)28-14-10-11-15-29(28)40(34)53/h10-21,34H,4-9,22-25H2,1-3H3. The lowest BCUT2D eigenvalue weighted by molar-refractivity contribution is 0.0641. The molecule has 5 aromatic rings. The Hall–Kier alpha value is -4.75. The topological polar surface area (TPSA) is 122 Å². The molecule has 0 saturated heterocycles. The van der Waals surface area contributed by atoms with Gasteiger partial charge in [-0.25, -0.2) is 9.88 Å². The molecule has 13 heteroatoms. The van der Waals surface area contributed by atoms with Gasteiger partial charge in [0, 0.05) is 31.2 Å². The number of fused-ring (bicyclic) bond motifs is 4. The summed E-state index contributed by atoms with van der Waals surface area (Å²) in [7, 11) is 0. The molecule has 0 spiro atoms. The van der Waals surface area contributed by atoms with Crippen LogP contribution in [0.1, 0.15) is 139 Å². The maximum atomic E-state index is 15.1. The molecule has 0 atom stereocenters. The Morgan fingerprint density at radius 3 is 1.67 bits per heavy atom. The zero-order chi connectivity index (χ0) is 42.2. The van der Waals surface area contributed by atoms with Crippen molar-refractivity contribution < 1.29 is 28.8 Å². The number of anilines is 1. The van der Waals surface area contributed by atoms with Gasteiger partial charge in [0.1, 0.15) is 5.92 Å². The number of benzene rings is 4. The van der Waals surface area contributed by atoms with Crippen LogP contribution in [0, 0.1) is 0 Å². The highest BCUT2D eigenvalue weighted by molar-refractivity contribution is 8.04. The van der Waals surface area contributed by atoms with Crippen LogP contribution < -0.4 is 4.90 Å². The lowest BCUT2D eigenvalue weighted by atomic mass is 9.97. The number of hydrogen-bond donors (Lipinski definition) is 0. The number of pyridine rings is 1. The van der Waals surface area contributed by atoms with Crippen molar-refractivity contribution in [2.75, 3.05) is 22.2 Å². The maximum absolute atomic E-state index is 15.1. The number of halogens is 1. The summed E-state index contributed by atoms with van der Waals surface area (Å²) in [6.45, 7) is 6.25. The molecule has 0 bridgehead atoms. The quantitative estimate of drug-likeness (QED) is 0.0410. The third-order valence-corrected chi connectivity index (χ3v) is 15.4. The predicted octanol–water partition coefficient (Wildman–Crippen LogP) is 11.3. The van der Waals surface area contributed by atoms with Crippen LogP contribution in [0.2, 0.25) is 5.02 Å². The average Bonchev–Trinajstić information content (AvgIpc) is 3.77. The van der Waals surface area contributed by atoms with E-state index < -0.39 is 41.1 Å². The number of aromatic nitrogens is 1. The first kappa shape index (κ1) is 42.0. The number of nitrogens with zero attached hydrogens (tertiary/aromatic N) is 3. The molecule has 0 N–H and O–H groups in total. The van der Waals surface area contributed by atoms with E-state index in [1.165, 1.54) is 0 Å². The number of rotatable bonds is 16. The molecule has 1 aromatic heterocycles. The van der Waals surface area contributed by atoms with Crippen molar-refractivity contribution in [1.82, 2.24) is 9.88 Å². The summed E-state index contributed by atoms with van der Waals surface area (Å²) in [6, 6.07) is 19.8. The minimum absolute atomic E-state index is 0.125. The van der Waals surface area contributed by atoms with Gasteiger partial charge in [-0.2, -0.15) is 0 Å². The highest BCUT2D eigenvalue weighted by Crippen LogP contribution is 2.51. The second-order valence-electron chi connectivity index (χ2n) is 14.9. The van der Waals surface area contributed by atoms with Crippen LogP contribution in [0.15, 0.2) is 87.5 Å². The summed E-state index contributed by atoms with van der Waals surface area (Å²) in [4.78, 5) is 94.3. The number of Topliss-reactive ketones (excluding diaryl/α,β-unsaturated/α-hetero) is 2. The largest absolute Gasteiger partial charge is 0.293 e. The fraction of sp³-hybridized carbons (Fsp3) is 0.298. The van der Waals surface area contributed by atoms with Crippen LogP contribution in [0.3, 0.4) is 0 Å². The molecule has 60 heavy (non-hydrogen) atoms. The van der Waals surface area contributed by atoms with Crippen LogP contribution in [0.5, 0.6) is 0 Å². The first-order valence-electron chi connectivity index (χ1n) is 20.3. The zero-order valence-electron chi connectivity index (χ0n) is 33.5. The number of ketones is 2. The van der Waals surface area contributed by atoms with Crippen LogP contribution in [-0.2, 0) is 6.54 Å². The number of hydrogen-bond acceptors (Lipinski definition) is 10. The van der Waals surface area contributed by atoms with Crippen molar-refractivity contribution in [2.24, 2.45) is 0 Å². The van der Waals surface area contributed by atoms with Gasteiger partial charge < -0.3 is 0 Å². The highest BCUT2D eigenvalue weighted by atomic mass is 35.5. The van der Waals surface area contributed by atoms with Crippen LogP contribution >= 0.6 is 46.9 Å². The van der Waals surface area contributed by atoms with Crippen molar-refractivity contribution in [1.29, 1.82) is 0 Å². The molecular weight excluding hydrogens is 834 g/mol. The van der Waals surface area contributed by atoms with Crippen molar-refractivity contribution in [3.05, 3.63) is 122 Å². The van der Waals surface area contributed by atoms with E-state index in [2.05, 4.69) is 20.8 Å². The minimum atomic E-state index is -1.23. The van der Waals surface area contributed by atoms with Crippen LogP contribution in [0.4, 0.5) is 5.69 Å². The summed E-state index contributed by atoms with van der Waals surface area (Å²) in [5, 5.41) is 0.695. The van der Waals surface area contributed by atoms with Crippen molar-refractivity contribution in [3.8, 4) is 0 Å². The van der Waals surface area contributed by atoms with E-state index in [0.717, 1.165) is 80.3 Å². The molecule has 0 unspecified atom stereocenters. The number of carbonyl (C=O) groups is 6.